The van der Waals surface area contributed by atoms with E-state index < -0.39 is 0 Å². The number of fused-ring (bicyclic) bond motifs is 1. The second kappa shape index (κ2) is 7.85. The summed E-state index contributed by atoms with van der Waals surface area (Å²) in [5.74, 6) is 1.59. The van der Waals surface area contributed by atoms with E-state index in [0.717, 1.165) is 39.2 Å². The summed E-state index contributed by atoms with van der Waals surface area (Å²) in [5.41, 5.74) is 13.6. The summed E-state index contributed by atoms with van der Waals surface area (Å²) in [4.78, 5) is 14.1. The molecule has 3 aromatic heterocycles. The molecule has 0 amide bonds. The maximum Gasteiger partial charge on any atom is 0.165 e. The number of nitrogens with two attached hydrogens (primary N) is 1. The maximum atomic E-state index is 6.20. The molecule has 0 bridgehead atoms. The summed E-state index contributed by atoms with van der Waals surface area (Å²) in [6.45, 7) is 2.08. The van der Waals surface area contributed by atoms with Crippen LogP contribution in [-0.4, -0.2) is 19.5 Å². The largest absolute Gasteiger partial charge is 0.383 e. The number of alkyl halides is 1. The Kier molecular flexibility index (Phi) is 4.88. The van der Waals surface area contributed by atoms with Crippen molar-refractivity contribution in [2.45, 2.75) is 12.8 Å². The quantitative estimate of drug-likeness (QED) is 0.370. The van der Waals surface area contributed by atoms with Gasteiger partial charge < -0.3 is 5.73 Å². The van der Waals surface area contributed by atoms with E-state index in [-0.39, 0.29) is 0 Å². The number of rotatable bonds is 4. The van der Waals surface area contributed by atoms with Crippen molar-refractivity contribution >= 4 is 28.6 Å². The highest BCUT2D eigenvalue weighted by atomic mass is 35.5. The van der Waals surface area contributed by atoms with Gasteiger partial charge in [0.2, 0.25) is 0 Å². The zero-order valence-corrected chi connectivity index (χ0v) is 17.7. The van der Waals surface area contributed by atoms with Gasteiger partial charge in [-0.25, -0.2) is 15.0 Å². The Morgan fingerprint density at radius 3 is 2.52 bits per heavy atom. The molecule has 0 saturated heterocycles. The third-order valence-electron chi connectivity index (χ3n) is 5.25. The van der Waals surface area contributed by atoms with Crippen molar-refractivity contribution in [2.75, 3.05) is 5.73 Å². The minimum atomic E-state index is 0.426. The molecule has 31 heavy (non-hydrogen) atoms. The molecule has 0 atom stereocenters. The normalized spacial score (nSPS) is 11.2. The Labute approximate surface area is 185 Å². The Morgan fingerprint density at radius 2 is 1.77 bits per heavy atom. The van der Waals surface area contributed by atoms with Gasteiger partial charge in [0.25, 0.3) is 0 Å². The lowest BCUT2D eigenvalue weighted by atomic mass is 10.1. The molecule has 5 aromatic rings. The highest BCUT2D eigenvalue weighted by Gasteiger charge is 2.18. The average Bonchev–Trinajstić information content (AvgIpc) is 3.18. The molecule has 0 unspecified atom stereocenters. The number of hydrogen-bond acceptors (Lipinski definition) is 4. The van der Waals surface area contributed by atoms with Crippen LogP contribution in [0, 0.1) is 6.92 Å². The molecule has 3 heterocycles. The van der Waals surface area contributed by atoms with Crippen LogP contribution in [0.15, 0.2) is 79.0 Å². The summed E-state index contributed by atoms with van der Waals surface area (Å²) in [7, 11) is 0. The highest BCUT2D eigenvalue weighted by molar-refractivity contribution is 6.17. The van der Waals surface area contributed by atoms with Crippen molar-refractivity contribution in [1.82, 2.24) is 19.5 Å². The fourth-order valence-electron chi connectivity index (χ4n) is 3.69. The van der Waals surface area contributed by atoms with Crippen molar-refractivity contribution < 1.29 is 0 Å². The lowest BCUT2D eigenvalue weighted by Crippen LogP contribution is -2.02. The molecule has 0 radical (unpaired) electrons. The smallest absolute Gasteiger partial charge is 0.165 e. The second-order valence-electron chi connectivity index (χ2n) is 7.42. The van der Waals surface area contributed by atoms with Gasteiger partial charge in [0.05, 0.1) is 11.3 Å². The Hall–Kier alpha value is -3.70. The van der Waals surface area contributed by atoms with Crippen LogP contribution in [0.5, 0.6) is 0 Å². The molecular weight excluding hydrogens is 406 g/mol. The van der Waals surface area contributed by atoms with E-state index in [1.165, 1.54) is 5.56 Å². The summed E-state index contributed by atoms with van der Waals surface area (Å²) >= 11 is 5.99. The van der Waals surface area contributed by atoms with Crippen LogP contribution >= 0.6 is 11.6 Å². The molecule has 0 spiro atoms. The molecule has 152 valence electrons. The van der Waals surface area contributed by atoms with Crippen molar-refractivity contribution in [3.8, 4) is 28.3 Å². The standard InChI is InChI=1S/C25H20ClN5/c1-16-4-2-5-18(14-16)21-11-12-22-25(29-21)31(19-9-7-17(15-26)8-10-19)24(30-22)20-6-3-13-28-23(20)27/h2-14H,15H2,1H3,(H2,27,28). The number of halogens is 1. The average molecular weight is 426 g/mol. The molecule has 6 heteroatoms. The van der Waals surface area contributed by atoms with E-state index in [4.69, 9.17) is 27.3 Å². The third-order valence-corrected chi connectivity index (χ3v) is 5.56. The van der Waals surface area contributed by atoms with E-state index >= 15 is 0 Å². The van der Waals surface area contributed by atoms with E-state index in [2.05, 4.69) is 30.1 Å². The van der Waals surface area contributed by atoms with Crippen LogP contribution in [0.25, 0.3) is 39.5 Å². The van der Waals surface area contributed by atoms with Gasteiger partial charge in [0.15, 0.2) is 11.5 Å². The minimum Gasteiger partial charge on any atom is -0.383 e. The molecule has 0 fully saturated rings. The van der Waals surface area contributed by atoms with Crippen molar-refractivity contribution in [3.05, 3.63) is 90.1 Å². The third kappa shape index (κ3) is 3.53. The van der Waals surface area contributed by atoms with Gasteiger partial charge >= 0.3 is 0 Å². The Balaban J connectivity index is 1.79. The number of aromatic nitrogens is 4. The van der Waals surface area contributed by atoms with Crippen LogP contribution in [0.2, 0.25) is 0 Å². The second-order valence-corrected chi connectivity index (χ2v) is 7.68. The topological polar surface area (TPSA) is 69.6 Å². The summed E-state index contributed by atoms with van der Waals surface area (Å²) in [6, 6.07) is 24.2. The lowest BCUT2D eigenvalue weighted by molar-refractivity contribution is 1.07. The number of benzene rings is 2. The zero-order chi connectivity index (χ0) is 21.4. The van der Waals surface area contributed by atoms with Gasteiger partial charge in [-0.05, 0) is 55.0 Å². The number of aryl methyl sites for hydroxylation is 1. The first-order chi connectivity index (χ1) is 15.1. The van der Waals surface area contributed by atoms with Crippen molar-refractivity contribution in [1.29, 1.82) is 0 Å². The number of hydrogen-bond donors (Lipinski definition) is 1. The first kappa shape index (κ1) is 19.3. The maximum absolute atomic E-state index is 6.20. The van der Waals surface area contributed by atoms with Crippen molar-refractivity contribution in [3.63, 3.8) is 0 Å². The molecule has 0 aliphatic heterocycles. The van der Waals surface area contributed by atoms with Gasteiger partial charge in [-0.3, -0.25) is 4.57 Å². The van der Waals surface area contributed by atoms with Gasteiger partial charge in [0.1, 0.15) is 11.3 Å². The number of imidazole rings is 1. The molecule has 0 aliphatic rings. The molecule has 0 aliphatic carbocycles. The van der Waals surface area contributed by atoms with E-state index in [1.54, 1.807) is 6.20 Å². The van der Waals surface area contributed by atoms with Crippen molar-refractivity contribution in [2.24, 2.45) is 0 Å². The summed E-state index contributed by atoms with van der Waals surface area (Å²) in [6.07, 6.45) is 1.68. The van der Waals surface area contributed by atoms with Gasteiger partial charge in [-0.2, -0.15) is 0 Å². The number of nitrogens with zero attached hydrogens (tertiary/aromatic N) is 4. The minimum absolute atomic E-state index is 0.426. The fourth-order valence-corrected chi connectivity index (χ4v) is 3.87. The molecule has 2 aromatic carbocycles. The first-order valence-corrected chi connectivity index (χ1v) is 10.5. The van der Waals surface area contributed by atoms with Crippen LogP contribution < -0.4 is 5.73 Å². The predicted octanol–water partition coefficient (Wildman–Crippen LogP) is 5.78. The van der Waals surface area contributed by atoms with E-state index in [1.807, 2.05) is 59.2 Å². The number of nitrogen functional groups attached to an aromatic ring is 1. The monoisotopic (exact) mass is 425 g/mol. The van der Waals surface area contributed by atoms with Gasteiger partial charge in [0, 0.05) is 23.3 Å². The Bertz CT molecular complexity index is 1390. The summed E-state index contributed by atoms with van der Waals surface area (Å²) in [5, 5.41) is 0. The lowest BCUT2D eigenvalue weighted by Gasteiger charge is -2.11. The van der Waals surface area contributed by atoms with Crippen LogP contribution in [0.1, 0.15) is 11.1 Å². The van der Waals surface area contributed by atoms with Gasteiger partial charge in [-0.1, -0.05) is 35.9 Å². The number of pyridine rings is 2. The van der Waals surface area contributed by atoms with Gasteiger partial charge in [-0.15, -0.1) is 11.6 Å². The molecule has 5 rings (SSSR count). The zero-order valence-electron chi connectivity index (χ0n) is 17.0. The highest BCUT2D eigenvalue weighted by Crippen LogP contribution is 2.31. The molecule has 0 saturated carbocycles. The predicted molar refractivity (Wildman–Crippen MR) is 126 cm³/mol. The van der Waals surface area contributed by atoms with Crippen LogP contribution in [-0.2, 0) is 5.88 Å². The summed E-state index contributed by atoms with van der Waals surface area (Å²) < 4.78 is 2.03. The SMILES string of the molecule is Cc1cccc(-c2ccc3nc(-c4cccnc4N)n(-c4ccc(CCl)cc4)c3n2)c1. The van der Waals surface area contributed by atoms with Crippen LogP contribution in [0.4, 0.5) is 5.82 Å². The first-order valence-electron chi connectivity index (χ1n) is 9.97. The van der Waals surface area contributed by atoms with E-state index in [9.17, 15) is 0 Å². The number of anilines is 1. The Morgan fingerprint density at radius 1 is 0.935 bits per heavy atom. The molecular formula is C25H20ClN5. The molecule has 2 N–H and O–H groups in total. The van der Waals surface area contributed by atoms with Crippen LogP contribution in [0.3, 0.4) is 0 Å². The van der Waals surface area contributed by atoms with E-state index in [0.29, 0.717) is 17.5 Å². The molecule has 5 nitrogen and oxygen atoms in total. The fraction of sp³-hybridized carbons (Fsp3) is 0.0800.